The zero-order valence-electron chi connectivity index (χ0n) is 11.8. The summed E-state index contributed by atoms with van der Waals surface area (Å²) in [5, 5.41) is 13.4. The van der Waals surface area contributed by atoms with Crippen LogP contribution in [-0.2, 0) is 16.1 Å². The zero-order valence-corrected chi connectivity index (χ0v) is 11.8. The molecule has 1 aliphatic rings. The van der Waals surface area contributed by atoms with Crippen LogP contribution in [0.2, 0.25) is 0 Å². The lowest BCUT2D eigenvalue weighted by molar-refractivity contribution is -0.153. The molecule has 0 saturated carbocycles. The molecule has 0 bridgehead atoms. The monoisotopic (exact) mass is 280 g/mol. The molecule has 1 unspecified atom stereocenters. The van der Waals surface area contributed by atoms with Gasteiger partial charge in [0, 0.05) is 19.2 Å². The van der Waals surface area contributed by atoms with Crippen LogP contribution in [0, 0.1) is 12.3 Å². The molecule has 1 saturated heterocycles. The maximum atomic E-state index is 12.3. The van der Waals surface area contributed by atoms with Gasteiger partial charge in [-0.3, -0.25) is 9.59 Å². The molecule has 2 heterocycles. The van der Waals surface area contributed by atoms with E-state index in [1.54, 1.807) is 24.8 Å². The number of aryl methyl sites for hydroxylation is 1. The number of hydrogen-bond donors (Lipinski definition) is 2. The average molecular weight is 280 g/mol. The number of piperidine rings is 1. The fourth-order valence-electron chi connectivity index (χ4n) is 2.55. The number of aliphatic carboxylic acids is 1. The molecule has 0 spiro atoms. The second-order valence-corrected chi connectivity index (χ2v) is 5.65. The number of amides is 1. The van der Waals surface area contributed by atoms with Crippen LogP contribution in [0.5, 0.6) is 0 Å². The SMILES string of the molecule is Cc1cc(N)n(CC(=O)N2CCCC(C)(C(=O)O)C2)n1. The number of rotatable bonds is 3. The first-order chi connectivity index (χ1) is 9.32. The molecule has 1 amide bonds. The van der Waals surface area contributed by atoms with Crippen LogP contribution in [0.15, 0.2) is 6.07 Å². The Balaban J connectivity index is 2.06. The fourth-order valence-corrected chi connectivity index (χ4v) is 2.55. The third kappa shape index (κ3) is 2.76. The molecule has 1 atom stereocenters. The van der Waals surface area contributed by atoms with Gasteiger partial charge in [-0.15, -0.1) is 0 Å². The summed E-state index contributed by atoms with van der Waals surface area (Å²) < 4.78 is 1.45. The summed E-state index contributed by atoms with van der Waals surface area (Å²) in [4.78, 5) is 25.1. The molecule has 3 N–H and O–H groups in total. The smallest absolute Gasteiger partial charge is 0.311 e. The molecule has 110 valence electrons. The number of nitrogens with two attached hydrogens (primary N) is 1. The second kappa shape index (κ2) is 5.15. The normalized spacial score (nSPS) is 22.8. The van der Waals surface area contributed by atoms with E-state index in [-0.39, 0.29) is 19.0 Å². The van der Waals surface area contributed by atoms with Crippen LogP contribution in [0.3, 0.4) is 0 Å². The van der Waals surface area contributed by atoms with E-state index in [4.69, 9.17) is 5.73 Å². The van der Waals surface area contributed by atoms with Gasteiger partial charge in [0.1, 0.15) is 12.4 Å². The minimum absolute atomic E-state index is 0.0510. The van der Waals surface area contributed by atoms with Crippen LogP contribution in [0.1, 0.15) is 25.5 Å². The lowest BCUT2D eigenvalue weighted by Crippen LogP contribution is -2.49. The lowest BCUT2D eigenvalue weighted by atomic mass is 9.82. The largest absolute Gasteiger partial charge is 0.481 e. The molecule has 7 nitrogen and oxygen atoms in total. The van der Waals surface area contributed by atoms with E-state index >= 15 is 0 Å². The number of nitrogen functional groups attached to an aromatic ring is 1. The van der Waals surface area contributed by atoms with Gasteiger partial charge in [0.25, 0.3) is 0 Å². The average Bonchev–Trinajstić information content (AvgIpc) is 2.67. The van der Waals surface area contributed by atoms with Crippen molar-refractivity contribution >= 4 is 17.7 Å². The van der Waals surface area contributed by atoms with E-state index in [2.05, 4.69) is 5.10 Å². The summed E-state index contributed by atoms with van der Waals surface area (Å²) in [5.41, 5.74) is 5.65. The molecule has 1 aromatic rings. The van der Waals surface area contributed by atoms with Gasteiger partial charge in [0.05, 0.1) is 11.1 Å². The van der Waals surface area contributed by atoms with Gasteiger partial charge in [-0.1, -0.05) is 0 Å². The van der Waals surface area contributed by atoms with Crippen LogP contribution < -0.4 is 5.73 Å². The van der Waals surface area contributed by atoms with Gasteiger partial charge >= 0.3 is 5.97 Å². The molecule has 2 rings (SSSR count). The number of anilines is 1. The Morgan fingerprint density at radius 3 is 2.80 bits per heavy atom. The Morgan fingerprint density at radius 1 is 1.55 bits per heavy atom. The van der Waals surface area contributed by atoms with Crippen molar-refractivity contribution in [2.45, 2.75) is 33.2 Å². The molecule has 1 aromatic heterocycles. The van der Waals surface area contributed by atoms with Crippen molar-refractivity contribution in [2.24, 2.45) is 5.41 Å². The number of carboxylic acid groups (broad SMARTS) is 1. The maximum Gasteiger partial charge on any atom is 0.311 e. The summed E-state index contributed by atoms with van der Waals surface area (Å²) in [6.45, 7) is 4.36. The predicted molar refractivity (Wildman–Crippen MR) is 72.9 cm³/mol. The van der Waals surface area contributed by atoms with Gasteiger partial charge in [-0.2, -0.15) is 5.10 Å². The number of hydrogen-bond acceptors (Lipinski definition) is 4. The van der Waals surface area contributed by atoms with E-state index in [0.717, 1.165) is 5.69 Å². The molecular weight excluding hydrogens is 260 g/mol. The first-order valence-corrected chi connectivity index (χ1v) is 6.63. The maximum absolute atomic E-state index is 12.3. The standard InChI is InChI=1S/C13H20N4O3/c1-9-6-10(14)17(15-9)7-11(18)16-5-3-4-13(2,8-16)12(19)20/h6H,3-5,7-8,14H2,1-2H3,(H,19,20). The Morgan fingerprint density at radius 2 is 2.25 bits per heavy atom. The molecule has 7 heteroatoms. The Kier molecular flexibility index (Phi) is 3.69. The van der Waals surface area contributed by atoms with E-state index < -0.39 is 11.4 Å². The highest BCUT2D eigenvalue weighted by Gasteiger charge is 2.39. The van der Waals surface area contributed by atoms with Crippen LogP contribution in [0.4, 0.5) is 5.82 Å². The van der Waals surface area contributed by atoms with Gasteiger partial charge in [-0.25, -0.2) is 4.68 Å². The number of likely N-dealkylation sites (tertiary alicyclic amines) is 1. The first kappa shape index (κ1) is 14.4. The van der Waals surface area contributed by atoms with E-state index in [1.165, 1.54) is 4.68 Å². The van der Waals surface area contributed by atoms with Gasteiger partial charge in [0.15, 0.2) is 0 Å². The topological polar surface area (TPSA) is 101 Å². The summed E-state index contributed by atoms with van der Waals surface area (Å²) in [5.74, 6) is -0.565. The third-order valence-electron chi connectivity index (χ3n) is 3.78. The summed E-state index contributed by atoms with van der Waals surface area (Å²) in [6, 6.07) is 1.70. The number of carbonyl (C=O) groups is 2. The zero-order chi connectivity index (χ0) is 14.9. The van der Waals surface area contributed by atoms with E-state index in [9.17, 15) is 14.7 Å². The number of nitrogens with zero attached hydrogens (tertiary/aromatic N) is 3. The number of carboxylic acids is 1. The van der Waals surface area contributed by atoms with E-state index in [0.29, 0.717) is 25.2 Å². The van der Waals surface area contributed by atoms with Crippen molar-refractivity contribution in [3.63, 3.8) is 0 Å². The molecule has 1 fully saturated rings. The lowest BCUT2D eigenvalue weighted by Gasteiger charge is -2.37. The quantitative estimate of drug-likeness (QED) is 0.839. The van der Waals surface area contributed by atoms with Crippen LogP contribution in [0.25, 0.3) is 0 Å². The summed E-state index contributed by atoms with van der Waals surface area (Å²) in [6.07, 6.45) is 1.29. The highest BCUT2D eigenvalue weighted by Crippen LogP contribution is 2.29. The van der Waals surface area contributed by atoms with Gasteiger partial charge in [-0.05, 0) is 26.7 Å². The molecule has 0 aliphatic carbocycles. The van der Waals surface area contributed by atoms with Crippen molar-refractivity contribution in [2.75, 3.05) is 18.8 Å². The molecule has 1 aliphatic heterocycles. The molecule has 20 heavy (non-hydrogen) atoms. The molecule has 0 radical (unpaired) electrons. The fraction of sp³-hybridized carbons (Fsp3) is 0.615. The Bertz CT molecular complexity index is 540. The van der Waals surface area contributed by atoms with Crippen molar-refractivity contribution in [1.29, 1.82) is 0 Å². The van der Waals surface area contributed by atoms with Crippen molar-refractivity contribution in [3.8, 4) is 0 Å². The minimum atomic E-state index is -0.862. The van der Waals surface area contributed by atoms with Gasteiger partial charge < -0.3 is 15.7 Å². The highest BCUT2D eigenvalue weighted by molar-refractivity contribution is 5.79. The van der Waals surface area contributed by atoms with Crippen LogP contribution in [-0.4, -0.2) is 44.8 Å². The second-order valence-electron chi connectivity index (χ2n) is 5.65. The summed E-state index contributed by atoms with van der Waals surface area (Å²) >= 11 is 0. The van der Waals surface area contributed by atoms with Crippen molar-refractivity contribution in [3.05, 3.63) is 11.8 Å². The predicted octanol–water partition coefficient (Wildman–Crippen LogP) is 0.487. The molecule has 0 aromatic carbocycles. The Hall–Kier alpha value is -2.05. The Labute approximate surface area is 117 Å². The van der Waals surface area contributed by atoms with Gasteiger partial charge in [0.2, 0.25) is 5.91 Å². The minimum Gasteiger partial charge on any atom is -0.481 e. The van der Waals surface area contributed by atoms with Crippen molar-refractivity contribution in [1.82, 2.24) is 14.7 Å². The van der Waals surface area contributed by atoms with Crippen molar-refractivity contribution < 1.29 is 14.7 Å². The highest BCUT2D eigenvalue weighted by atomic mass is 16.4. The molecular formula is C13H20N4O3. The number of carbonyl (C=O) groups excluding carboxylic acids is 1. The summed E-state index contributed by atoms with van der Waals surface area (Å²) in [7, 11) is 0. The van der Waals surface area contributed by atoms with E-state index in [1.807, 2.05) is 0 Å². The number of aromatic nitrogens is 2. The first-order valence-electron chi connectivity index (χ1n) is 6.63. The third-order valence-corrected chi connectivity index (χ3v) is 3.78. The van der Waals surface area contributed by atoms with Crippen LogP contribution >= 0.6 is 0 Å².